The Labute approximate surface area is 153 Å². The van der Waals surface area contributed by atoms with Crippen LogP contribution in [0.15, 0.2) is 30.3 Å². The van der Waals surface area contributed by atoms with Gasteiger partial charge in [-0.05, 0) is 37.4 Å². The molecule has 6 heteroatoms. The van der Waals surface area contributed by atoms with Crippen LogP contribution in [0, 0.1) is 5.92 Å². The summed E-state index contributed by atoms with van der Waals surface area (Å²) in [5.74, 6) is 1.21. The van der Waals surface area contributed by atoms with Gasteiger partial charge in [0.25, 0.3) is 0 Å². The summed E-state index contributed by atoms with van der Waals surface area (Å²) in [7, 11) is 0. The van der Waals surface area contributed by atoms with Gasteiger partial charge in [-0.15, -0.1) is 11.6 Å². The van der Waals surface area contributed by atoms with Crippen molar-refractivity contribution in [3.8, 4) is 0 Å². The fourth-order valence-corrected chi connectivity index (χ4v) is 5.78. The van der Waals surface area contributed by atoms with Crippen LogP contribution in [0.1, 0.15) is 24.3 Å². The summed E-state index contributed by atoms with van der Waals surface area (Å²) in [4.78, 5) is 18.1. The van der Waals surface area contributed by atoms with Crippen LogP contribution in [0.3, 0.4) is 0 Å². The number of halogens is 1. The number of hydrogen-bond acceptors (Lipinski definition) is 4. The second kappa shape index (κ2) is 6.23. The molecule has 5 aliphatic rings. The number of hydrogen-bond donors (Lipinski definition) is 2. The molecule has 0 saturated carbocycles. The lowest BCUT2D eigenvalue weighted by atomic mass is 9.75. The second-order valence-electron chi connectivity index (χ2n) is 7.88. The molecule has 2 bridgehead atoms. The van der Waals surface area contributed by atoms with E-state index in [0.717, 1.165) is 6.54 Å². The quantitative estimate of drug-likeness (QED) is 0.777. The number of rotatable bonds is 2. The molecule has 5 atom stereocenters. The van der Waals surface area contributed by atoms with Gasteiger partial charge in [0.1, 0.15) is 6.04 Å². The summed E-state index contributed by atoms with van der Waals surface area (Å²) < 4.78 is 0. The maximum Gasteiger partial charge on any atom is 0.242 e. The third kappa shape index (κ3) is 2.52. The zero-order chi connectivity index (χ0) is 17.0. The van der Waals surface area contributed by atoms with Crippen molar-refractivity contribution in [2.24, 2.45) is 5.92 Å². The van der Waals surface area contributed by atoms with Gasteiger partial charge >= 0.3 is 0 Å². The van der Waals surface area contributed by atoms with E-state index in [1.54, 1.807) is 0 Å². The van der Waals surface area contributed by atoms with Gasteiger partial charge in [0.2, 0.25) is 5.91 Å². The number of benzene rings is 1. The Morgan fingerprint density at radius 2 is 1.88 bits per heavy atom. The number of nitrogens with zero attached hydrogens (tertiary/aromatic N) is 2. The molecule has 1 amide bonds. The topological polar surface area (TPSA) is 47.6 Å². The molecule has 2 N–H and O–H groups in total. The number of piperidine rings is 3. The normalized spacial score (nSPS) is 42.6. The predicted octanol–water partition coefficient (Wildman–Crippen LogP) is 1.16. The number of nitrogens with one attached hydrogen (secondary N) is 2. The van der Waals surface area contributed by atoms with Crippen molar-refractivity contribution in [3.63, 3.8) is 0 Å². The standard InChI is InChI=1S/C19H25ClN4O/c20-15-10-21-22-16(15)19(25)24-11-14(12-4-2-1-3-5-12)18-17(24)13-6-8-23(18)9-7-13/h1-5,13-18,21-22H,6-11H2/t14-,15?,16?,17-,18-/m1/s1. The fourth-order valence-electron chi connectivity index (χ4n) is 5.54. The summed E-state index contributed by atoms with van der Waals surface area (Å²) >= 11 is 6.38. The molecule has 5 nitrogen and oxygen atoms in total. The highest BCUT2D eigenvalue weighted by molar-refractivity contribution is 6.23. The van der Waals surface area contributed by atoms with Crippen molar-refractivity contribution < 1.29 is 4.79 Å². The van der Waals surface area contributed by atoms with Gasteiger partial charge < -0.3 is 4.90 Å². The molecule has 0 radical (unpaired) electrons. The van der Waals surface area contributed by atoms with Crippen molar-refractivity contribution in [1.82, 2.24) is 20.7 Å². The first kappa shape index (κ1) is 16.1. The summed E-state index contributed by atoms with van der Waals surface area (Å²) in [6.07, 6.45) is 2.43. The van der Waals surface area contributed by atoms with E-state index in [-0.39, 0.29) is 17.3 Å². The molecule has 5 aliphatic heterocycles. The maximum absolute atomic E-state index is 13.3. The van der Waals surface area contributed by atoms with E-state index in [9.17, 15) is 4.79 Å². The summed E-state index contributed by atoms with van der Waals surface area (Å²) in [6.45, 7) is 3.81. The van der Waals surface area contributed by atoms with Crippen molar-refractivity contribution in [2.75, 3.05) is 26.2 Å². The van der Waals surface area contributed by atoms with Gasteiger partial charge in [0, 0.05) is 25.0 Å². The number of likely N-dealkylation sites (tertiary alicyclic amines) is 1. The number of carbonyl (C=O) groups is 1. The van der Waals surface area contributed by atoms with Crippen LogP contribution in [0.4, 0.5) is 0 Å². The Kier molecular flexibility index (Phi) is 4.01. The minimum atomic E-state index is -0.313. The molecular formula is C19H25ClN4O. The lowest BCUT2D eigenvalue weighted by Gasteiger charge is -2.51. The molecule has 5 heterocycles. The van der Waals surface area contributed by atoms with Gasteiger partial charge in [0.15, 0.2) is 0 Å². The maximum atomic E-state index is 13.3. The zero-order valence-electron chi connectivity index (χ0n) is 14.3. The Hall–Kier alpha value is -1.14. The Morgan fingerprint density at radius 3 is 2.56 bits per heavy atom. The Balaban J connectivity index is 1.49. The number of fused-ring (bicyclic) bond motifs is 2. The van der Waals surface area contributed by atoms with Gasteiger partial charge in [-0.25, -0.2) is 5.43 Å². The molecule has 5 fully saturated rings. The molecule has 5 saturated heterocycles. The molecule has 0 spiro atoms. The van der Waals surface area contributed by atoms with Crippen LogP contribution in [-0.4, -0.2) is 65.4 Å². The number of amides is 1. The van der Waals surface area contributed by atoms with Crippen LogP contribution in [0.5, 0.6) is 0 Å². The van der Waals surface area contributed by atoms with Crippen LogP contribution in [0.2, 0.25) is 0 Å². The average Bonchev–Trinajstić information content (AvgIpc) is 3.28. The van der Waals surface area contributed by atoms with E-state index >= 15 is 0 Å². The first-order valence-electron chi connectivity index (χ1n) is 9.46. The Bertz CT molecular complexity index is 648. The van der Waals surface area contributed by atoms with Crippen LogP contribution in [0.25, 0.3) is 0 Å². The highest BCUT2D eigenvalue weighted by Crippen LogP contribution is 2.46. The monoisotopic (exact) mass is 360 g/mol. The van der Waals surface area contributed by atoms with E-state index < -0.39 is 0 Å². The van der Waals surface area contributed by atoms with Gasteiger partial charge in [-0.3, -0.25) is 15.1 Å². The van der Waals surface area contributed by atoms with E-state index in [1.165, 1.54) is 31.5 Å². The highest BCUT2D eigenvalue weighted by atomic mass is 35.5. The molecule has 0 aliphatic carbocycles. The largest absolute Gasteiger partial charge is 0.336 e. The Morgan fingerprint density at radius 1 is 1.12 bits per heavy atom. The smallest absolute Gasteiger partial charge is 0.242 e. The molecule has 1 aromatic carbocycles. The minimum Gasteiger partial charge on any atom is -0.336 e. The molecule has 1 aromatic rings. The first-order valence-corrected chi connectivity index (χ1v) is 9.89. The van der Waals surface area contributed by atoms with Gasteiger partial charge in [-0.2, -0.15) is 0 Å². The third-order valence-electron chi connectivity index (χ3n) is 6.69. The van der Waals surface area contributed by atoms with E-state index in [2.05, 4.69) is 51.0 Å². The lowest BCUT2D eigenvalue weighted by molar-refractivity contribution is -0.137. The van der Waals surface area contributed by atoms with E-state index in [1.807, 2.05) is 0 Å². The molecular weight excluding hydrogens is 336 g/mol. The lowest BCUT2D eigenvalue weighted by Crippen LogP contribution is -2.62. The third-order valence-corrected chi connectivity index (χ3v) is 7.09. The molecule has 6 rings (SSSR count). The fraction of sp³-hybridized carbons (Fsp3) is 0.632. The molecule has 25 heavy (non-hydrogen) atoms. The molecule has 134 valence electrons. The van der Waals surface area contributed by atoms with Crippen LogP contribution < -0.4 is 10.9 Å². The van der Waals surface area contributed by atoms with E-state index in [4.69, 9.17) is 11.6 Å². The van der Waals surface area contributed by atoms with Crippen molar-refractivity contribution in [1.29, 1.82) is 0 Å². The van der Waals surface area contributed by atoms with Crippen molar-refractivity contribution >= 4 is 17.5 Å². The van der Waals surface area contributed by atoms with Crippen molar-refractivity contribution in [3.05, 3.63) is 35.9 Å². The SMILES string of the molecule is O=C(C1NNCC1Cl)N1C[C@H](c2ccccc2)[C@@H]2[C@H]1C1CCN2CC1. The number of hydrazine groups is 1. The van der Waals surface area contributed by atoms with Crippen molar-refractivity contribution in [2.45, 2.75) is 42.3 Å². The number of alkyl halides is 1. The first-order chi connectivity index (χ1) is 12.2. The summed E-state index contributed by atoms with van der Waals surface area (Å²) in [5.41, 5.74) is 7.49. The van der Waals surface area contributed by atoms with Crippen LogP contribution in [-0.2, 0) is 4.79 Å². The molecule has 2 unspecified atom stereocenters. The summed E-state index contributed by atoms with van der Waals surface area (Å²) in [6, 6.07) is 11.2. The van der Waals surface area contributed by atoms with Crippen LogP contribution >= 0.6 is 11.6 Å². The minimum absolute atomic E-state index is 0.173. The van der Waals surface area contributed by atoms with Gasteiger partial charge in [0.05, 0.1) is 11.4 Å². The second-order valence-corrected chi connectivity index (χ2v) is 8.44. The number of carbonyl (C=O) groups excluding carboxylic acids is 1. The molecule has 0 aromatic heterocycles. The zero-order valence-corrected chi connectivity index (χ0v) is 15.0. The van der Waals surface area contributed by atoms with Gasteiger partial charge in [-0.1, -0.05) is 30.3 Å². The van der Waals surface area contributed by atoms with E-state index in [0.29, 0.717) is 30.5 Å². The average molecular weight is 361 g/mol. The predicted molar refractivity (Wildman–Crippen MR) is 97.3 cm³/mol. The summed E-state index contributed by atoms with van der Waals surface area (Å²) in [5, 5.41) is -0.178. The highest BCUT2D eigenvalue weighted by Gasteiger charge is 2.55.